The van der Waals surface area contributed by atoms with Gasteiger partial charge >= 0.3 is 0 Å². The Morgan fingerprint density at radius 3 is 2.80 bits per heavy atom. The van der Waals surface area contributed by atoms with E-state index in [1.807, 2.05) is 18.2 Å². The molecule has 0 amide bonds. The summed E-state index contributed by atoms with van der Waals surface area (Å²) in [6.45, 7) is 0. The van der Waals surface area contributed by atoms with E-state index in [0.29, 0.717) is 22.6 Å². The standard InChI is InChI=1S/C10H8ClN3O/c1-15-9-6-8(11)13-10(14-9)7-4-2-3-5-12-7/h2-6H,1H3. The third-order valence-corrected chi connectivity index (χ3v) is 1.97. The molecule has 0 unspecified atom stereocenters. The van der Waals surface area contributed by atoms with E-state index in [4.69, 9.17) is 16.3 Å². The van der Waals surface area contributed by atoms with Gasteiger partial charge in [-0.3, -0.25) is 4.98 Å². The molecule has 0 radical (unpaired) electrons. The molecule has 0 aliphatic heterocycles. The largest absolute Gasteiger partial charge is 0.481 e. The molecule has 15 heavy (non-hydrogen) atoms. The van der Waals surface area contributed by atoms with Gasteiger partial charge in [0.2, 0.25) is 5.88 Å². The lowest BCUT2D eigenvalue weighted by Gasteiger charge is -2.02. The molecule has 0 atom stereocenters. The first-order chi connectivity index (χ1) is 7.29. The Labute approximate surface area is 91.9 Å². The third-order valence-electron chi connectivity index (χ3n) is 1.77. The van der Waals surface area contributed by atoms with Gasteiger partial charge in [-0.25, -0.2) is 4.98 Å². The number of rotatable bonds is 2. The van der Waals surface area contributed by atoms with Crippen LogP contribution in [0.1, 0.15) is 0 Å². The van der Waals surface area contributed by atoms with Crippen LogP contribution in [0.5, 0.6) is 5.88 Å². The van der Waals surface area contributed by atoms with Crippen molar-refractivity contribution in [3.63, 3.8) is 0 Å². The van der Waals surface area contributed by atoms with Gasteiger partial charge in [0, 0.05) is 12.3 Å². The number of aromatic nitrogens is 3. The molecule has 0 N–H and O–H groups in total. The molecular formula is C10H8ClN3O. The third kappa shape index (κ3) is 2.22. The molecule has 0 saturated heterocycles. The summed E-state index contributed by atoms with van der Waals surface area (Å²) >= 11 is 5.82. The normalized spacial score (nSPS) is 10.0. The highest BCUT2D eigenvalue weighted by Gasteiger charge is 2.06. The van der Waals surface area contributed by atoms with Crippen molar-refractivity contribution in [3.8, 4) is 17.4 Å². The number of ether oxygens (including phenoxy) is 1. The van der Waals surface area contributed by atoms with E-state index in [0.717, 1.165) is 0 Å². The summed E-state index contributed by atoms with van der Waals surface area (Å²) in [5.41, 5.74) is 0.665. The Bertz CT molecular complexity index is 461. The lowest BCUT2D eigenvalue weighted by Crippen LogP contribution is -1.95. The monoisotopic (exact) mass is 221 g/mol. The Hall–Kier alpha value is -1.68. The SMILES string of the molecule is COc1cc(Cl)nc(-c2ccccn2)n1. The van der Waals surface area contributed by atoms with Crippen LogP contribution in [0.15, 0.2) is 30.5 Å². The van der Waals surface area contributed by atoms with Gasteiger partial charge in [-0.1, -0.05) is 17.7 Å². The van der Waals surface area contributed by atoms with Crippen molar-refractivity contribution in [2.75, 3.05) is 7.11 Å². The average Bonchev–Trinajstić information content (AvgIpc) is 2.29. The molecule has 0 fully saturated rings. The quantitative estimate of drug-likeness (QED) is 0.730. The zero-order valence-electron chi connectivity index (χ0n) is 8.01. The summed E-state index contributed by atoms with van der Waals surface area (Å²) in [6.07, 6.45) is 1.67. The number of methoxy groups -OCH3 is 1. The predicted octanol–water partition coefficient (Wildman–Crippen LogP) is 2.20. The van der Waals surface area contributed by atoms with E-state index in [-0.39, 0.29) is 0 Å². The maximum absolute atomic E-state index is 5.82. The van der Waals surface area contributed by atoms with Gasteiger partial charge in [-0.05, 0) is 12.1 Å². The molecule has 5 heteroatoms. The summed E-state index contributed by atoms with van der Waals surface area (Å²) in [7, 11) is 1.53. The van der Waals surface area contributed by atoms with Crippen molar-refractivity contribution in [2.45, 2.75) is 0 Å². The van der Waals surface area contributed by atoms with Crippen LogP contribution in [0.4, 0.5) is 0 Å². The van der Waals surface area contributed by atoms with Crippen LogP contribution >= 0.6 is 11.6 Å². The van der Waals surface area contributed by atoms with Crippen LogP contribution in [0.3, 0.4) is 0 Å². The smallest absolute Gasteiger partial charge is 0.218 e. The fourth-order valence-electron chi connectivity index (χ4n) is 1.11. The van der Waals surface area contributed by atoms with Crippen molar-refractivity contribution in [1.29, 1.82) is 0 Å². The van der Waals surface area contributed by atoms with Crippen molar-refractivity contribution in [1.82, 2.24) is 15.0 Å². The van der Waals surface area contributed by atoms with E-state index in [2.05, 4.69) is 15.0 Å². The first kappa shape index (κ1) is 9.86. The van der Waals surface area contributed by atoms with Crippen LogP contribution in [-0.4, -0.2) is 22.1 Å². The molecule has 0 aliphatic carbocycles. The lowest BCUT2D eigenvalue weighted by molar-refractivity contribution is 0.397. The zero-order chi connectivity index (χ0) is 10.7. The number of hydrogen-bond acceptors (Lipinski definition) is 4. The number of pyridine rings is 1. The van der Waals surface area contributed by atoms with E-state index >= 15 is 0 Å². The molecule has 0 saturated carbocycles. The average molecular weight is 222 g/mol. The highest BCUT2D eigenvalue weighted by Crippen LogP contribution is 2.19. The van der Waals surface area contributed by atoms with Gasteiger partial charge in [0.25, 0.3) is 0 Å². The summed E-state index contributed by atoms with van der Waals surface area (Å²) in [5.74, 6) is 0.885. The van der Waals surface area contributed by atoms with Crippen LogP contribution in [0.2, 0.25) is 5.15 Å². The molecule has 76 valence electrons. The minimum absolute atomic E-state index is 0.336. The minimum atomic E-state index is 0.336. The lowest BCUT2D eigenvalue weighted by atomic mass is 10.3. The van der Waals surface area contributed by atoms with E-state index < -0.39 is 0 Å². The fraction of sp³-hybridized carbons (Fsp3) is 0.100. The van der Waals surface area contributed by atoms with Gasteiger partial charge in [-0.2, -0.15) is 4.98 Å². The topological polar surface area (TPSA) is 47.9 Å². The van der Waals surface area contributed by atoms with Gasteiger partial charge in [0.1, 0.15) is 10.8 Å². The Morgan fingerprint density at radius 1 is 1.27 bits per heavy atom. The number of halogens is 1. The van der Waals surface area contributed by atoms with Crippen molar-refractivity contribution in [2.24, 2.45) is 0 Å². The molecule has 0 aromatic carbocycles. The molecule has 2 heterocycles. The van der Waals surface area contributed by atoms with Crippen molar-refractivity contribution < 1.29 is 4.74 Å². The maximum atomic E-state index is 5.82. The van der Waals surface area contributed by atoms with Crippen molar-refractivity contribution in [3.05, 3.63) is 35.6 Å². The summed E-state index contributed by atoms with van der Waals surface area (Å²) in [4.78, 5) is 12.3. The zero-order valence-corrected chi connectivity index (χ0v) is 8.77. The molecule has 0 aliphatic rings. The highest BCUT2D eigenvalue weighted by molar-refractivity contribution is 6.29. The second-order valence-electron chi connectivity index (χ2n) is 2.77. The van der Waals surface area contributed by atoms with Crippen LogP contribution < -0.4 is 4.74 Å². The van der Waals surface area contributed by atoms with E-state index in [1.165, 1.54) is 7.11 Å². The summed E-state index contributed by atoms with van der Waals surface area (Å²) in [6, 6.07) is 7.05. The van der Waals surface area contributed by atoms with Gasteiger partial charge < -0.3 is 4.74 Å². The molecular weight excluding hydrogens is 214 g/mol. The Morgan fingerprint density at radius 2 is 2.13 bits per heavy atom. The molecule has 0 bridgehead atoms. The minimum Gasteiger partial charge on any atom is -0.481 e. The molecule has 4 nitrogen and oxygen atoms in total. The van der Waals surface area contributed by atoms with Crippen LogP contribution in [0, 0.1) is 0 Å². The Balaban J connectivity index is 2.49. The number of nitrogens with zero attached hydrogens (tertiary/aromatic N) is 3. The summed E-state index contributed by atoms with van der Waals surface area (Å²) < 4.78 is 4.99. The summed E-state index contributed by atoms with van der Waals surface area (Å²) in [5, 5.41) is 0.336. The molecule has 2 aromatic rings. The molecule has 0 spiro atoms. The number of hydrogen-bond donors (Lipinski definition) is 0. The first-order valence-corrected chi connectivity index (χ1v) is 4.67. The van der Waals surface area contributed by atoms with E-state index in [1.54, 1.807) is 12.3 Å². The van der Waals surface area contributed by atoms with Crippen LogP contribution in [0.25, 0.3) is 11.5 Å². The van der Waals surface area contributed by atoms with Crippen molar-refractivity contribution >= 4 is 11.6 Å². The molecule has 2 rings (SSSR count). The fourth-order valence-corrected chi connectivity index (χ4v) is 1.28. The highest BCUT2D eigenvalue weighted by atomic mass is 35.5. The first-order valence-electron chi connectivity index (χ1n) is 4.29. The maximum Gasteiger partial charge on any atom is 0.218 e. The van der Waals surface area contributed by atoms with Gasteiger partial charge in [0.15, 0.2) is 5.82 Å². The second-order valence-corrected chi connectivity index (χ2v) is 3.16. The predicted molar refractivity (Wildman–Crippen MR) is 56.8 cm³/mol. The van der Waals surface area contributed by atoms with Gasteiger partial charge in [0.05, 0.1) is 7.11 Å². The van der Waals surface area contributed by atoms with Gasteiger partial charge in [-0.15, -0.1) is 0 Å². The van der Waals surface area contributed by atoms with E-state index in [9.17, 15) is 0 Å². The molecule has 2 aromatic heterocycles. The Kier molecular flexibility index (Phi) is 2.78. The van der Waals surface area contributed by atoms with Crippen LogP contribution in [-0.2, 0) is 0 Å². The second kappa shape index (κ2) is 4.23.